The number of nitrogens with one attached hydrogen (secondary N) is 1. The molecule has 0 spiro atoms. The molecule has 18 heavy (non-hydrogen) atoms. The van der Waals surface area contributed by atoms with Crippen LogP contribution >= 0.6 is 11.6 Å². The van der Waals surface area contributed by atoms with E-state index >= 15 is 0 Å². The Kier molecular flexibility index (Phi) is 2.49. The molecule has 1 heterocycles. The molecule has 0 unspecified atom stereocenters. The third kappa shape index (κ3) is 1.64. The van der Waals surface area contributed by atoms with Crippen molar-refractivity contribution in [2.45, 2.75) is 6.92 Å². The fraction of sp³-hybridized carbons (Fsp3) is 0.0714. The van der Waals surface area contributed by atoms with Crippen LogP contribution in [0.25, 0.3) is 22.4 Å². The molecule has 4 heteroatoms. The fourth-order valence-electron chi connectivity index (χ4n) is 2.13. The van der Waals surface area contributed by atoms with Gasteiger partial charge in [-0.1, -0.05) is 29.8 Å². The molecule has 1 aromatic heterocycles. The summed E-state index contributed by atoms with van der Waals surface area (Å²) in [7, 11) is 0. The summed E-state index contributed by atoms with van der Waals surface area (Å²) >= 11 is 6.12. The quantitative estimate of drug-likeness (QED) is 0.652. The van der Waals surface area contributed by atoms with Crippen molar-refractivity contribution in [3.63, 3.8) is 0 Å². The number of rotatable bonds is 1. The van der Waals surface area contributed by atoms with Gasteiger partial charge in [-0.25, -0.2) is 4.98 Å². The summed E-state index contributed by atoms with van der Waals surface area (Å²) in [6.45, 7) is 2.01. The number of aromatic amines is 1. The number of halogens is 1. The number of hydrogen-bond acceptors (Lipinski definition) is 2. The smallest absolute Gasteiger partial charge is 0.140 e. The van der Waals surface area contributed by atoms with Crippen LogP contribution in [0.3, 0.4) is 0 Å². The zero-order chi connectivity index (χ0) is 12.7. The lowest BCUT2D eigenvalue weighted by Gasteiger charge is -2.05. The number of imidazole rings is 1. The maximum absolute atomic E-state index is 6.12. The second-order valence-corrected chi connectivity index (χ2v) is 4.67. The highest BCUT2D eigenvalue weighted by atomic mass is 35.5. The van der Waals surface area contributed by atoms with Gasteiger partial charge < -0.3 is 10.7 Å². The third-order valence-electron chi connectivity index (χ3n) is 3.01. The number of nitrogen functional groups attached to an aromatic ring is 1. The number of hydrogen-bond donors (Lipinski definition) is 2. The Morgan fingerprint density at radius 3 is 2.67 bits per heavy atom. The number of benzene rings is 2. The van der Waals surface area contributed by atoms with Gasteiger partial charge in [0.1, 0.15) is 11.3 Å². The highest BCUT2D eigenvalue weighted by Crippen LogP contribution is 2.30. The summed E-state index contributed by atoms with van der Waals surface area (Å²) < 4.78 is 0. The molecule has 0 aliphatic rings. The van der Waals surface area contributed by atoms with E-state index < -0.39 is 0 Å². The minimum atomic E-state index is 0.641. The Morgan fingerprint density at radius 1 is 1.17 bits per heavy atom. The lowest BCUT2D eigenvalue weighted by Crippen LogP contribution is -1.93. The normalized spacial score (nSPS) is 11.0. The standard InChI is InChI=1S/C14H12ClN3/c1-8-4-2-6-10(16)12(8)14-17-11-7-3-5-9(15)13(11)18-14/h2-7H,16H2,1H3,(H,17,18). The molecule has 0 amide bonds. The molecule has 0 aliphatic carbocycles. The molecule has 90 valence electrons. The molecule has 2 aromatic carbocycles. The average molecular weight is 258 g/mol. The van der Waals surface area contributed by atoms with Crippen molar-refractivity contribution in [3.05, 3.63) is 47.0 Å². The Balaban J connectivity index is 2.30. The number of nitrogens with two attached hydrogens (primary N) is 1. The number of anilines is 1. The first-order valence-electron chi connectivity index (χ1n) is 5.66. The average Bonchev–Trinajstić information content (AvgIpc) is 2.74. The van der Waals surface area contributed by atoms with Crippen LogP contribution in [-0.4, -0.2) is 9.97 Å². The molecule has 0 radical (unpaired) electrons. The largest absolute Gasteiger partial charge is 0.398 e. The van der Waals surface area contributed by atoms with Gasteiger partial charge in [0.05, 0.1) is 10.5 Å². The molecule has 3 aromatic rings. The van der Waals surface area contributed by atoms with Crippen LogP contribution in [0, 0.1) is 6.92 Å². The van der Waals surface area contributed by atoms with E-state index in [1.165, 1.54) is 0 Å². The van der Waals surface area contributed by atoms with Crippen molar-refractivity contribution in [2.75, 3.05) is 5.73 Å². The summed E-state index contributed by atoms with van der Waals surface area (Å²) in [5.74, 6) is 0.758. The van der Waals surface area contributed by atoms with Crippen molar-refractivity contribution < 1.29 is 0 Å². The van der Waals surface area contributed by atoms with E-state index in [1.807, 2.05) is 43.3 Å². The summed E-state index contributed by atoms with van der Waals surface area (Å²) in [5.41, 5.74) is 10.4. The van der Waals surface area contributed by atoms with Crippen molar-refractivity contribution in [1.29, 1.82) is 0 Å². The second kappa shape index (κ2) is 4.03. The first kappa shape index (κ1) is 11.1. The van der Waals surface area contributed by atoms with E-state index in [4.69, 9.17) is 17.3 Å². The van der Waals surface area contributed by atoms with Gasteiger partial charge in [-0.15, -0.1) is 0 Å². The topological polar surface area (TPSA) is 54.7 Å². The van der Waals surface area contributed by atoms with Gasteiger partial charge in [-0.2, -0.15) is 0 Å². The van der Waals surface area contributed by atoms with Crippen LogP contribution < -0.4 is 5.73 Å². The zero-order valence-electron chi connectivity index (χ0n) is 9.87. The first-order chi connectivity index (χ1) is 8.66. The van der Waals surface area contributed by atoms with Gasteiger partial charge in [0.2, 0.25) is 0 Å². The third-order valence-corrected chi connectivity index (χ3v) is 3.31. The number of para-hydroxylation sites is 1. The lowest BCUT2D eigenvalue weighted by molar-refractivity contribution is 1.31. The number of aromatic nitrogens is 2. The summed E-state index contributed by atoms with van der Waals surface area (Å²) in [6, 6.07) is 11.5. The maximum Gasteiger partial charge on any atom is 0.140 e. The predicted octanol–water partition coefficient (Wildman–Crippen LogP) is 3.77. The van der Waals surface area contributed by atoms with Gasteiger partial charge in [-0.05, 0) is 30.7 Å². The molecular formula is C14H12ClN3. The van der Waals surface area contributed by atoms with E-state index in [2.05, 4.69) is 9.97 Å². The number of nitrogens with zero attached hydrogens (tertiary/aromatic N) is 1. The molecule has 0 saturated heterocycles. The van der Waals surface area contributed by atoms with Gasteiger partial charge in [0.25, 0.3) is 0 Å². The monoisotopic (exact) mass is 257 g/mol. The second-order valence-electron chi connectivity index (χ2n) is 4.26. The zero-order valence-corrected chi connectivity index (χ0v) is 10.6. The highest BCUT2D eigenvalue weighted by Gasteiger charge is 2.12. The molecule has 0 saturated carbocycles. The maximum atomic E-state index is 6.12. The minimum Gasteiger partial charge on any atom is -0.398 e. The molecule has 3 rings (SSSR count). The molecule has 0 atom stereocenters. The van der Waals surface area contributed by atoms with Crippen LogP contribution in [0.4, 0.5) is 5.69 Å². The summed E-state index contributed by atoms with van der Waals surface area (Å²) in [5, 5.41) is 0.641. The van der Waals surface area contributed by atoms with E-state index in [0.717, 1.165) is 28.0 Å². The molecule has 3 nitrogen and oxygen atoms in total. The van der Waals surface area contributed by atoms with Crippen molar-refractivity contribution in [1.82, 2.24) is 9.97 Å². The number of fused-ring (bicyclic) bond motifs is 1. The molecule has 0 bridgehead atoms. The molecular weight excluding hydrogens is 246 g/mol. The van der Waals surface area contributed by atoms with Crippen molar-refractivity contribution in [3.8, 4) is 11.4 Å². The Bertz CT molecular complexity index is 711. The van der Waals surface area contributed by atoms with E-state index in [1.54, 1.807) is 0 Å². The van der Waals surface area contributed by atoms with Crippen LogP contribution in [0.1, 0.15) is 5.56 Å². The first-order valence-corrected chi connectivity index (χ1v) is 6.04. The minimum absolute atomic E-state index is 0.641. The Morgan fingerprint density at radius 2 is 1.94 bits per heavy atom. The van der Waals surface area contributed by atoms with Gasteiger partial charge >= 0.3 is 0 Å². The number of H-pyrrole nitrogens is 1. The van der Waals surface area contributed by atoms with Crippen LogP contribution in [0.2, 0.25) is 5.02 Å². The SMILES string of the molecule is Cc1cccc(N)c1-c1nc2c(Cl)cccc2[nH]1. The predicted molar refractivity (Wildman–Crippen MR) is 75.7 cm³/mol. The number of aryl methyl sites for hydroxylation is 1. The summed E-state index contributed by atoms with van der Waals surface area (Å²) in [4.78, 5) is 7.80. The van der Waals surface area contributed by atoms with Gasteiger partial charge in [-0.3, -0.25) is 0 Å². The molecule has 3 N–H and O–H groups in total. The van der Waals surface area contributed by atoms with E-state index in [-0.39, 0.29) is 0 Å². The van der Waals surface area contributed by atoms with Gasteiger partial charge in [0.15, 0.2) is 0 Å². The van der Waals surface area contributed by atoms with Gasteiger partial charge in [0, 0.05) is 11.3 Å². The molecule has 0 fully saturated rings. The van der Waals surface area contributed by atoms with Crippen LogP contribution in [0.15, 0.2) is 36.4 Å². The molecule has 0 aliphatic heterocycles. The van der Waals surface area contributed by atoms with Crippen LogP contribution in [0.5, 0.6) is 0 Å². The fourth-order valence-corrected chi connectivity index (χ4v) is 2.35. The van der Waals surface area contributed by atoms with E-state index in [0.29, 0.717) is 10.7 Å². The highest BCUT2D eigenvalue weighted by molar-refractivity contribution is 6.35. The Labute approximate surface area is 110 Å². The summed E-state index contributed by atoms with van der Waals surface area (Å²) in [6.07, 6.45) is 0. The van der Waals surface area contributed by atoms with E-state index in [9.17, 15) is 0 Å². The van der Waals surface area contributed by atoms with Crippen molar-refractivity contribution in [2.24, 2.45) is 0 Å². The Hall–Kier alpha value is -2.00. The lowest BCUT2D eigenvalue weighted by atomic mass is 10.1. The van der Waals surface area contributed by atoms with Crippen LogP contribution in [-0.2, 0) is 0 Å². The van der Waals surface area contributed by atoms with Crippen molar-refractivity contribution >= 4 is 28.3 Å².